The maximum atomic E-state index is 6.20. The molecule has 0 aliphatic rings. The van der Waals surface area contributed by atoms with Crippen molar-refractivity contribution in [3.63, 3.8) is 0 Å². The van der Waals surface area contributed by atoms with Crippen LogP contribution in [0.5, 0.6) is 11.8 Å². The van der Waals surface area contributed by atoms with E-state index in [4.69, 9.17) is 21.1 Å². The summed E-state index contributed by atoms with van der Waals surface area (Å²) in [6, 6.07) is 7.83. The van der Waals surface area contributed by atoms with Crippen molar-refractivity contribution in [3.8, 4) is 11.8 Å². The predicted octanol–water partition coefficient (Wildman–Crippen LogP) is 3.00. The van der Waals surface area contributed by atoms with Gasteiger partial charge in [0.05, 0.1) is 19.8 Å². The molecule has 21 heavy (non-hydrogen) atoms. The molecule has 5 nitrogen and oxygen atoms in total. The molecule has 0 saturated heterocycles. The summed E-state index contributed by atoms with van der Waals surface area (Å²) in [6.45, 7) is 2.56. The molecule has 0 amide bonds. The average molecular weight is 308 g/mol. The van der Waals surface area contributed by atoms with E-state index < -0.39 is 0 Å². The van der Waals surface area contributed by atoms with Crippen molar-refractivity contribution >= 4 is 11.6 Å². The second-order valence-electron chi connectivity index (χ2n) is 4.49. The summed E-state index contributed by atoms with van der Waals surface area (Å²) in [5.41, 5.74) is 1.82. The highest BCUT2D eigenvalue weighted by Gasteiger charge is 2.15. The third-order valence-corrected chi connectivity index (χ3v) is 3.55. The summed E-state index contributed by atoms with van der Waals surface area (Å²) in [7, 11) is 3.14. The summed E-state index contributed by atoms with van der Waals surface area (Å²) >= 11 is 6.20. The number of hydrogen-bond acceptors (Lipinski definition) is 5. The van der Waals surface area contributed by atoms with Crippen LogP contribution in [0.4, 0.5) is 0 Å². The molecule has 0 unspecified atom stereocenters. The van der Waals surface area contributed by atoms with E-state index in [-0.39, 0.29) is 6.04 Å². The van der Waals surface area contributed by atoms with Gasteiger partial charge in [-0.2, -0.15) is 0 Å². The molecule has 1 heterocycles. The Morgan fingerprint density at radius 3 is 2.33 bits per heavy atom. The molecule has 1 aromatic carbocycles. The number of benzene rings is 1. The van der Waals surface area contributed by atoms with Crippen molar-refractivity contribution in [1.82, 2.24) is 15.3 Å². The molecule has 1 atom stereocenters. The second-order valence-corrected chi connectivity index (χ2v) is 4.90. The number of halogens is 1. The van der Waals surface area contributed by atoms with E-state index in [9.17, 15) is 0 Å². The van der Waals surface area contributed by atoms with Crippen LogP contribution in [0.1, 0.15) is 24.1 Å². The first kappa shape index (κ1) is 15.5. The predicted molar refractivity (Wildman–Crippen MR) is 81.8 cm³/mol. The third kappa shape index (κ3) is 3.62. The second kappa shape index (κ2) is 7.24. The van der Waals surface area contributed by atoms with E-state index in [1.165, 1.54) is 6.33 Å². The molecule has 0 spiro atoms. The van der Waals surface area contributed by atoms with Crippen molar-refractivity contribution < 1.29 is 9.47 Å². The Kier molecular flexibility index (Phi) is 5.36. The SMILES string of the molecule is COc1ncnc(OC)c1CN[C@H](C)c1ccccc1Cl. The normalized spacial score (nSPS) is 12.0. The van der Waals surface area contributed by atoms with Crippen LogP contribution in [0.2, 0.25) is 5.02 Å². The van der Waals surface area contributed by atoms with Crippen LogP contribution < -0.4 is 14.8 Å². The Balaban J connectivity index is 2.15. The topological polar surface area (TPSA) is 56.3 Å². The van der Waals surface area contributed by atoms with Crippen molar-refractivity contribution in [1.29, 1.82) is 0 Å². The van der Waals surface area contributed by atoms with Gasteiger partial charge in [-0.3, -0.25) is 0 Å². The molecule has 0 fully saturated rings. The van der Waals surface area contributed by atoms with Crippen LogP contribution in [-0.2, 0) is 6.54 Å². The summed E-state index contributed by atoms with van der Waals surface area (Å²) < 4.78 is 10.5. The molecule has 112 valence electrons. The lowest BCUT2D eigenvalue weighted by molar-refractivity contribution is 0.357. The molecule has 0 bridgehead atoms. The van der Waals surface area contributed by atoms with Crippen LogP contribution in [0.15, 0.2) is 30.6 Å². The first-order valence-electron chi connectivity index (χ1n) is 6.57. The van der Waals surface area contributed by atoms with Gasteiger partial charge in [0.2, 0.25) is 11.8 Å². The Hall–Kier alpha value is -1.85. The van der Waals surface area contributed by atoms with Gasteiger partial charge in [-0.05, 0) is 18.6 Å². The van der Waals surface area contributed by atoms with Gasteiger partial charge in [-0.15, -0.1) is 0 Å². The Labute approximate surface area is 129 Å². The first-order chi connectivity index (χ1) is 10.2. The van der Waals surface area contributed by atoms with E-state index >= 15 is 0 Å². The quantitative estimate of drug-likeness (QED) is 0.889. The summed E-state index contributed by atoms with van der Waals surface area (Å²) in [5.74, 6) is 1.00. The van der Waals surface area contributed by atoms with Crippen LogP contribution in [0, 0.1) is 0 Å². The molecule has 1 N–H and O–H groups in total. The number of hydrogen-bond donors (Lipinski definition) is 1. The van der Waals surface area contributed by atoms with Crippen LogP contribution in [0.25, 0.3) is 0 Å². The van der Waals surface area contributed by atoms with Gasteiger partial charge in [0, 0.05) is 17.6 Å². The number of ether oxygens (including phenoxy) is 2. The zero-order valence-electron chi connectivity index (χ0n) is 12.3. The first-order valence-corrected chi connectivity index (χ1v) is 6.94. The van der Waals surface area contributed by atoms with Crippen LogP contribution in [0.3, 0.4) is 0 Å². The number of nitrogens with zero attached hydrogens (tertiary/aromatic N) is 2. The largest absolute Gasteiger partial charge is 0.481 e. The minimum absolute atomic E-state index is 0.0771. The summed E-state index contributed by atoms with van der Waals surface area (Å²) in [6.07, 6.45) is 1.42. The molecule has 0 saturated carbocycles. The van der Waals surface area contributed by atoms with E-state index in [0.29, 0.717) is 18.3 Å². The highest BCUT2D eigenvalue weighted by Crippen LogP contribution is 2.26. The Bertz CT molecular complexity index is 585. The number of aromatic nitrogens is 2. The number of rotatable bonds is 6. The average Bonchev–Trinajstić information content (AvgIpc) is 2.52. The van der Waals surface area contributed by atoms with Crippen molar-refractivity contribution in [2.75, 3.05) is 14.2 Å². The van der Waals surface area contributed by atoms with Crippen LogP contribution in [-0.4, -0.2) is 24.2 Å². The maximum Gasteiger partial charge on any atom is 0.224 e. The number of nitrogens with one attached hydrogen (secondary N) is 1. The minimum atomic E-state index is 0.0771. The zero-order valence-corrected chi connectivity index (χ0v) is 13.0. The van der Waals surface area contributed by atoms with Gasteiger partial charge in [-0.1, -0.05) is 29.8 Å². The van der Waals surface area contributed by atoms with Crippen molar-refractivity contribution in [2.45, 2.75) is 19.5 Å². The standard InChI is InChI=1S/C15H18ClN3O2/c1-10(11-6-4-5-7-13(11)16)17-8-12-14(20-2)18-9-19-15(12)21-3/h4-7,9-10,17H,8H2,1-3H3/t10-/m1/s1. The third-order valence-electron chi connectivity index (χ3n) is 3.21. The Morgan fingerprint density at radius 2 is 1.76 bits per heavy atom. The monoisotopic (exact) mass is 307 g/mol. The van der Waals surface area contributed by atoms with Crippen molar-refractivity contribution in [3.05, 3.63) is 46.7 Å². The molecular formula is C15H18ClN3O2. The molecule has 0 radical (unpaired) electrons. The smallest absolute Gasteiger partial charge is 0.224 e. The molecule has 1 aromatic heterocycles. The van der Waals surface area contributed by atoms with Crippen molar-refractivity contribution in [2.24, 2.45) is 0 Å². The van der Waals surface area contributed by atoms with Gasteiger partial charge in [0.25, 0.3) is 0 Å². The van der Waals surface area contributed by atoms with E-state index in [1.54, 1.807) is 14.2 Å². The van der Waals surface area contributed by atoms with Gasteiger partial charge in [-0.25, -0.2) is 9.97 Å². The fraction of sp³-hybridized carbons (Fsp3) is 0.333. The van der Waals surface area contributed by atoms with Gasteiger partial charge in [0.1, 0.15) is 6.33 Å². The highest BCUT2D eigenvalue weighted by molar-refractivity contribution is 6.31. The molecule has 2 aromatic rings. The summed E-state index contributed by atoms with van der Waals surface area (Å²) in [5, 5.41) is 4.12. The summed E-state index contributed by atoms with van der Waals surface area (Å²) in [4.78, 5) is 8.19. The van der Waals surface area contributed by atoms with Crippen LogP contribution >= 0.6 is 11.6 Å². The molecule has 6 heteroatoms. The lowest BCUT2D eigenvalue weighted by Gasteiger charge is -2.17. The van der Waals surface area contributed by atoms with Gasteiger partial charge >= 0.3 is 0 Å². The fourth-order valence-corrected chi connectivity index (χ4v) is 2.37. The fourth-order valence-electron chi connectivity index (χ4n) is 2.08. The Morgan fingerprint density at radius 1 is 1.14 bits per heavy atom. The molecular weight excluding hydrogens is 290 g/mol. The molecule has 0 aliphatic heterocycles. The molecule has 0 aliphatic carbocycles. The van der Waals surface area contributed by atoms with E-state index in [2.05, 4.69) is 15.3 Å². The highest BCUT2D eigenvalue weighted by atomic mass is 35.5. The zero-order chi connectivity index (χ0) is 15.2. The van der Waals surface area contributed by atoms with Gasteiger partial charge < -0.3 is 14.8 Å². The lowest BCUT2D eigenvalue weighted by atomic mass is 10.1. The maximum absolute atomic E-state index is 6.20. The lowest BCUT2D eigenvalue weighted by Crippen LogP contribution is -2.19. The number of methoxy groups -OCH3 is 2. The van der Waals surface area contributed by atoms with Gasteiger partial charge in [0.15, 0.2) is 0 Å². The van der Waals surface area contributed by atoms with E-state index in [0.717, 1.165) is 16.1 Å². The molecule has 2 rings (SSSR count). The minimum Gasteiger partial charge on any atom is -0.481 e. The van der Waals surface area contributed by atoms with E-state index in [1.807, 2.05) is 31.2 Å².